The van der Waals surface area contributed by atoms with Crippen molar-refractivity contribution >= 4 is 41.1 Å². The van der Waals surface area contributed by atoms with Crippen molar-refractivity contribution in [1.82, 2.24) is 5.09 Å². The molecule has 0 saturated carbocycles. The molecule has 2 atom stereocenters. The standard InChI is InChI=1S/C13H21N2O3PS2/c1-4-10(3)21-19(17,18-5-2)15-13(20)14-11-8-6-7-9-12(11)16/h6-10,16H,4-5H2,1-3H3,(H2,14,15,17,20). The highest BCUT2D eigenvalue weighted by molar-refractivity contribution is 8.56. The van der Waals surface area contributed by atoms with Crippen LogP contribution in [0.4, 0.5) is 5.69 Å². The zero-order valence-corrected chi connectivity index (χ0v) is 14.9. The third kappa shape index (κ3) is 6.26. The first-order valence-electron chi connectivity index (χ1n) is 6.70. The van der Waals surface area contributed by atoms with Crippen LogP contribution in [0.2, 0.25) is 0 Å². The van der Waals surface area contributed by atoms with Crippen LogP contribution in [0.1, 0.15) is 27.2 Å². The fourth-order valence-corrected chi connectivity index (χ4v) is 6.31. The van der Waals surface area contributed by atoms with Crippen LogP contribution in [0.15, 0.2) is 24.3 Å². The number of phenols is 1. The molecule has 0 heterocycles. The molecular weight excluding hydrogens is 327 g/mol. The molecule has 2 unspecified atom stereocenters. The van der Waals surface area contributed by atoms with Gasteiger partial charge in [-0.2, -0.15) is 0 Å². The Morgan fingerprint density at radius 3 is 2.71 bits per heavy atom. The number of anilines is 1. The van der Waals surface area contributed by atoms with Gasteiger partial charge >= 0.3 is 6.72 Å². The maximum atomic E-state index is 12.7. The lowest BCUT2D eigenvalue weighted by atomic mass is 10.3. The molecule has 3 N–H and O–H groups in total. The first kappa shape index (κ1) is 18.3. The first-order chi connectivity index (χ1) is 9.90. The van der Waals surface area contributed by atoms with Gasteiger partial charge in [0.25, 0.3) is 0 Å². The van der Waals surface area contributed by atoms with E-state index in [1.807, 2.05) is 13.8 Å². The molecule has 118 valence electrons. The molecule has 1 rings (SSSR count). The van der Waals surface area contributed by atoms with Crippen LogP contribution in [0.25, 0.3) is 0 Å². The van der Waals surface area contributed by atoms with Crippen molar-refractivity contribution < 1.29 is 14.2 Å². The van der Waals surface area contributed by atoms with Crippen LogP contribution in [-0.4, -0.2) is 22.1 Å². The van der Waals surface area contributed by atoms with Crippen LogP contribution < -0.4 is 10.4 Å². The topological polar surface area (TPSA) is 70.6 Å². The van der Waals surface area contributed by atoms with E-state index in [1.165, 1.54) is 11.4 Å². The van der Waals surface area contributed by atoms with E-state index in [1.54, 1.807) is 31.2 Å². The van der Waals surface area contributed by atoms with Crippen LogP contribution >= 0.6 is 30.3 Å². The lowest BCUT2D eigenvalue weighted by molar-refractivity contribution is 0.343. The monoisotopic (exact) mass is 348 g/mol. The SMILES string of the molecule is CCOP(=O)(NC(=S)Nc1ccccc1O)SC(C)CC. The van der Waals surface area contributed by atoms with Crippen molar-refractivity contribution in [2.75, 3.05) is 11.9 Å². The summed E-state index contributed by atoms with van der Waals surface area (Å²) in [6.45, 7) is 2.99. The molecule has 0 radical (unpaired) electrons. The third-order valence-corrected chi connectivity index (χ3v) is 7.51. The fraction of sp³-hybridized carbons (Fsp3) is 0.462. The minimum Gasteiger partial charge on any atom is -0.506 e. The zero-order valence-electron chi connectivity index (χ0n) is 12.3. The largest absolute Gasteiger partial charge is 0.506 e. The highest BCUT2D eigenvalue weighted by Crippen LogP contribution is 2.58. The Morgan fingerprint density at radius 2 is 2.14 bits per heavy atom. The number of nitrogens with one attached hydrogen (secondary N) is 2. The summed E-state index contributed by atoms with van der Waals surface area (Å²) < 4.78 is 18.1. The number of rotatable bonds is 7. The van der Waals surface area contributed by atoms with Crippen molar-refractivity contribution in [2.24, 2.45) is 0 Å². The highest BCUT2D eigenvalue weighted by Gasteiger charge is 2.27. The first-order valence-corrected chi connectivity index (χ1v) is 10.2. The van der Waals surface area contributed by atoms with Gasteiger partial charge < -0.3 is 14.9 Å². The van der Waals surface area contributed by atoms with Gasteiger partial charge in [0.1, 0.15) is 5.75 Å². The summed E-state index contributed by atoms with van der Waals surface area (Å²) in [5, 5.41) is 15.6. The van der Waals surface area contributed by atoms with E-state index in [4.69, 9.17) is 16.7 Å². The van der Waals surface area contributed by atoms with Crippen molar-refractivity contribution in [3.63, 3.8) is 0 Å². The van der Waals surface area contributed by atoms with Crippen LogP contribution in [0.5, 0.6) is 5.75 Å². The minimum atomic E-state index is -3.12. The molecule has 0 spiro atoms. The Labute approximate surface area is 135 Å². The number of benzene rings is 1. The summed E-state index contributed by atoms with van der Waals surface area (Å²) >= 11 is 6.40. The van der Waals surface area contributed by atoms with Crippen molar-refractivity contribution in [1.29, 1.82) is 0 Å². The number of para-hydroxylation sites is 2. The maximum absolute atomic E-state index is 12.7. The molecule has 0 aliphatic rings. The van der Waals surface area contributed by atoms with Gasteiger partial charge in [-0.15, -0.1) is 0 Å². The number of hydrogen-bond acceptors (Lipinski definition) is 5. The Hall–Kier alpha value is -0.750. The van der Waals surface area contributed by atoms with E-state index in [0.29, 0.717) is 12.3 Å². The molecule has 5 nitrogen and oxygen atoms in total. The second-order valence-corrected chi connectivity index (χ2v) is 9.30. The molecule has 21 heavy (non-hydrogen) atoms. The maximum Gasteiger partial charge on any atom is 0.353 e. The second kappa shape index (κ2) is 8.63. The van der Waals surface area contributed by atoms with Gasteiger partial charge in [0, 0.05) is 5.25 Å². The molecule has 1 aromatic carbocycles. The number of thiocarbonyl (C=S) groups is 1. The molecule has 0 fully saturated rings. The summed E-state index contributed by atoms with van der Waals surface area (Å²) in [4.78, 5) is 0. The molecule has 1 aromatic rings. The normalized spacial score (nSPS) is 15.0. The molecular formula is C13H21N2O3PS2. The smallest absolute Gasteiger partial charge is 0.353 e. The Morgan fingerprint density at radius 1 is 1.48 bits per heavy atom. The molecule has 0 aromatic heterocycles. The Kier molecular flexibility index (Phi) is 7.52. The predicted octanol–water partition coefficient (Wildman–Crippen LogP) is 4.35. The van der Waals surface area contributed by atoms with Crippen molar-refractivity contribution in [3.05, 3.63) is 24.3 Å². The van der Waals surface area contributed by atoms with Gasteiger partial charge in [0.15, 0.2) is 5.11 Å². The van der Waals surface area contributed by atoms with E-state index >= 15 is 0 Å². The van der Waals surface area contributed by atoms with E-state index in [9.17, 15) is 9.67 Å². The van der Waals surface area contributed by atoms with E-state index < -0.39 is 6.72 Å². The summed E-state index contributed by atoms with van der Waals surface area (Å²) in [5.74, 6) is 0.0717. The van der Waals surface area contributed by atoms with Gasteiger partial charge in [0.2, 0.25) is 0 Å². The predicted molar refractivity (Wildman–Crippen MR) is 94.0 cm³/mol. The molecule has 0 saturated heterocycles. The fourth-order valence-electron chi connectivity index (χ4n) is 1.42. The third-order valence-electron chi connectivity index (χ3n) is 2.58. The molecule has 0 amide bonds. The molecule has 0 aliphatic carbocycles. The zero-order chi connectivity index (χ0) is 15.9. The van der Waals surface area contributed by atoms with Gasteiger partial charge in [-0.3, -0.25) is 9.65 Å². The van der Waals surface area contributed by atoms with Crippen LogP contribution in [0.3, 0.4) is 0 Å². The molecule has 0 bridgehead atoms. The van der Waals surface area contributed by atoms with Crippen molar-refractivity contribution in [2.45, 2.75) is 32.4 Å². The summed E-state index contributed by atoms with van der Waals surface area (Å²) in [7, 11) is 0. The Bertz CT molecular complexity index is 528. The summed E-state index contributed by atoms with van der Waals surface area (Å²) in [6, 6.07) is 6.69. The van der Waals surface area contributed by atoms with Crippen molar-refractivity contribution in [3.8, 4) is 5.75 Å². The summed E-state index contributed by atoms with van der Waals surface area (Å²) in [6.07, 6.45) is 0.878. The van der Waals surface area contributed by atoms with E-state index in [0.717, 1.165) is 6.42 Å². The number of aromatic hydroxyl groups is 1. The van der Waals surface area contributed by atoms with Crippen LogP contribution in [-0.2, 0) is 9.09 Å². The number of phenolic OH excluding ortho intramolecular Hbond substituents is 1. The van der Waals surface area contributed by atoms with Gasteiger partial charge in [-0.25, -0.2) is 0 Å². The van der Waals surface area contributed by atoms with E-state index in [-0.39, 0.29) is 16.1 Å². The molecule has 0 aliphatic heterocycles. The molecule has 8 heteroatoms. The average molecular weight is 348 g/mol. The second-order valence-electron chi connectivity index (χ2n) is 4.32. The van der Waals surface area contributed by atoms with Crippen LogP contribution in [0, 0.1) is 0 Å². The minimum absolute atomic E-state index is 0.0717. The lowest BCUT2D eigenvalue weighted by Gasteiger charge is -2.22. The van der Waals surface area contributed by atoms with Gasteiger partial charge in [0.05, 0.1) is 12.3 Å². The van der Waals surface area contributed by atoms with Gasteiger partial charge in [-0.05, 0) is 49.1 Å². The summed E-state index contributed by atoms with van der Waals surface area (Å²) in [5.41, 5.74) is 0.451. The number of hydrogen-bond donors (Lipinski definition) is 3. The Balaban J connectivity index is 2.73. The highest BCUT2D eigenvalue weighted by atomic mass is 32.7. The average Bonchev–Trinajstić information content (AvgIpc) is 2.41. The van der Waals surface area contributed by atoms with E-state index in [2.05, 4.69) is 10.4 Å². The lowest BCUT2D eigenvalue weighted by Crippen LogP contribution is -2.26. The quantitative estimate of drug-likeness (QED) is 0.384. The van der Waals surface area contributed by atoms with Gasteiger partial charge in [-0.1, -0.05) is 26.0 Å².